The Hall–Kier alpha value is -0.940. The summed E-state index contributed by atoms with van der Waals surface area (Å²) in [4.78, 5) is 3.56. The molecule has 3 nitrogen and oxygen atoms in total. The van der Waals surface area contributed by atoms with E-state index < -0.39 is 12.2 Å². The molecule has 0 aliphatic heterocycles. The fourth-order valence-electron chi connectivity index (χ4n) is 0.520. The van der Waals surface area contributed by atoms with Gasteiger partial charge in [0.15, 0.2) is 5.96 Å². The third-order valence-electron chi connectivity index (χ3n) is 1.18. The van der Waals surface area contributed by atoms with E-state index in [1.165, 1.54) is 0 Å². The Morgan fingerprint density at radius 3 is 2.42 bits per heavy atom. The Bertz CT molecular complexity index is 164. The second kappa shape index (κ2) is 4.18. The number of hydrogen-bond acceptors (Lipinski definition) is 1. The highest BCUT2D eigenvalue weighted by molar-refractivity contribution is 5.78. The molecule has 0 aromatic rings. The van der Waals surface area contributed by atoms with Gasteiger partial charge in [0.1, 0.15) is 6.04 Å². The minimum atomic E-state index is -4.28. The topological polar surface area (TPSA) is 50.4 Å². The SMILES string of the molecule is CCN=C(N)NC(C)C(F)(F)F. The maximum absolute atomic E-state index is 11.9. The smallest absolute Gasteiger partial charge is 0.370 e. The number of nitrogens with two attached hydrogens (primary N) is 1. The molecule has 0 fully saturated rings. The maximum atomic E-state index is 11.9. The number of alkyl halides is 3. The molecule has 0 saturated carbocycles. The molecule has 0 amide bonds. The van der Waals surface area contributed by atoms with Crippen molar-refractivity contribution >= 4 is 5.96 Å². The van der Waals surface area contributed by atoms with Crippen LogP contribution in [-0.2, 0) is 0 Å². The molecule has 0 spiro atoms. The van der Waals surface area contributed by atoms with Crippen molar-refractivity contribution in [1.82, 2.24) is 5.32 Å². The summed E-state index contributed by atoms with van der Waals surface area (Å²) in [7, 11) is 0. The van der Waals surface area contributed by atoms with Gasteiger partial charge >= 0.3 is 6.18 Å². The van der Waals surface area contributed by atoms with E-state index in [9.17, 15) is 13.2 Å². The summed E-state index contributed by atoms with van der Waals surface area (Å²) >= 11 is 0. The van der Waals surface area contributed by atoms with Crippen LogP contribution < -0.4 is 11.1 Å². The van der Waals surface area contributed by atoms with Crippen LogP contribution >= 0.6 is 0 Å². The zero-order valence-electron chi connectivity index (χ0n) is 6.94. The molecule has 0 aliphatic carbocycles. The molecule has 0 radical (unpaired) electrons. The van der Waals surface area contributed by atoms with Crippen LogP contribution in [-0.4, -0.2) is 24.7 Å². The Morgan fingerprint density at radius 2 is 2.08 bits per heavy atom. The molecule has 0 rings (SSSR count). The van der Waals surface area contributed by atoms with Crippen molar-refractivity contribution in [3.63, 3.8) is 0 Å². The van der Waals surface area contributed by atoms with Crippen molar-refractivity contribution in [2.75, 3.05) is 6.54 Å². The van der Waals surface area contributed by atoms with Gasteiger partial charge < -0.3 is 11.1 Å². The lowest BCUT2D eigenvalue weighted by Crippen LogP contribution is -2.46. The molecule has 3 N–H and O–H groups in total. The zero-order valence-corrected chi connectivity index (χ0v) is 6.94. The highest BCUT2D eigenvalue weighted by atomic mass is 19.4. The molecule has 0 bridgehead atoms. The van der Waals surface area contributed by atoms with Crippen molar-refractivity contribution in [3.05, 3.63) is 0 Å². The van der Waals surface area contributed by atoms with Crippen molar-refractivity contribution in [3.8, 4) is 0 Å². The summed E-state index contributed by atoms with van der Waals surface area (Å²) < 4.78 is 35.6. The van der Waals surface area contributed by atoms with Crippen LogP contribution in [0.1, 0.15) is 13.8 Å². The van der Waals surface area contributed by atoms with E-state index in [0.29, 0.717) is 6.54 Å². The van der Waals surface area contributed by atoms with Gasteiger partial charge in [0.05, 0.1) is 0 Å². The summed E-state index contributed by atoms with van der Waals surface area (Å²) in [6, 6.07) is -1.66. The summed E-state index contributed by atoms with van der Waals surface area (Å²) in [5, 5.41) is 2.02. The number of rotatable bonds is 2. The quantitative estimate of drug-likeness (QED) is 0.492. The predicted octanol–water partition coefficient (Wildman–Crippen LogP) is 0.861. The maximum Gasteiger partial charge on any atom is 0.408 e. The summed E-state index contributed by atoms with van der Waals surface area (Å²) in [6.07, 6.45) is -4.28. The first-order valence-corrected chi connectivity index (χ1v) is 3.51. The Balaban J connectivity index is 4.01. The van der Waals surface area contributed by atoms with E-state index in [0.717, 1.165) is 6.92 Å². The normalized spacial score (nSPS) is 15.9. The molecule has 0 aromatic carbocycles. The Labute approximate surface area is 68.8 Å². The standard InChI is InChI=1S/C6H12F3N3/c1-3-11-5(10)12-4(2)6(7,8)9/h4H,3H2,1-2H3,(H3,10,11,12). The monoisotopic (exact) mass is 183 g/mol. The molecule has 1 atom stereocenters. The number of nitrogens with zero attached hydrogens (tertiary/aromatic N) is 1. The molecular formula is C6H12F3N3. The average molecular weight is 183 g/mol. The van der Waals surface area contributed by atoms with Crippen LogP contribution in [0, 0.1) is 0 Å². The van der Waals surface area contributed by atoms with E-state index in [1.54, 1.807) is 6.92 Å². The van der Waals surface area contributed by atoms with Crippen LogP contribution in [0.4, 0.5) is 13.2 Å². The fraction of sp³-hybridized carbons (Fsp3) is 0.833. The highest BCUT2D eigenvalue weighted by Gasteiger charge is 2.36. The number of guanidine groups is 1. The van der Waals surface area contributed by atoms with E-state index in [-0.39, 0.29) is 5.96 Å². The largest absolute Gasteiger partial charge is 0.408 e. The van der Waals surface area contributed by atoms with Crippen molar-refractivity contribution in [2.24, 2.45) is 10.7 Å². The second-order valence-electron chi connectivity index (χ2n) is 2.27. The van der Waals surface area contributed by atoms with Crippen LogP contribution in [0.25, 0.3) is 0 Å². The molecule has 0 saturated heterocycles. The van der Waals surface area contributed by atoms with Gasteiger partial charge in [0.2, 0.25) is 0 Å². The Morgan fingerprint density at radius 1 is 1.58 bits per heavy atom. The highest BCUT2D eigenvalue weighted by Crippen LogP contribution is 2.18. The van der Waals surface area contributed by atoms with E-state index >= 15 is 0 Å². The van der Waals surface area contributed by atoms with Gasteiger partial charge in [0, 0.05) is 6.54 Å². The van der Waals surface area contributed by atoms with Crippen molar-refractivity contribution < 1.29 is 13.2 Å². The summed E-state index contributed by atoms with van der Waals surface area (Å²) in [5.74, 6) is -0.178. The first-order chi connectivity index (χ1) is 5.38. The van der Waals surface area contributed by atoms with E-state index in [1.807, 2.05) is 5.32 Å². The van der Waals surface area contributed by atoms with Crippen molar-refractivity contribution in [1.29, 1.82) is 0 Å². The molecule has 0 heterocycles. The van der Waals surface area contributed by atoms with Gasteiger partial charge in [-0.25, -0.2) is 0 Å². The van der Waals surface area contributed by atoms with Gasteiger partial charge in [0.25, 0.3) is 0 Å². The van der Waals surface area contributed by atoms with Crippen LogP contribution in [0.3, 0.4) is 0 Å². The predicted molar refractivity (Wildman–Crippen MR) is 40.8 cm³/mol. The number of nitrogens with one attached hydrogen (secondary N) is 1. The second-order valence-corrected chi connectivity index (χ2v) is 2.27. The number of hydrogen-bond donors (Lipinski definition) is 2. The van der Waals surface area contributed by atoms with Crippen LogP contribution in [0.2, 0.25) is 0 Å². The Kier molecular flexibility index (Phi) is 3.85. The summed E-state index contributed by atoms with van der Waals surface area (Å²) in [6.45, 7) is 3.04. The minimum absolute atomic E-state index is 0.178. The lowest BCUT2D eigenvalue weighted by Gasteiger charge is -2.17. The van der Waals surface area contributed by atoms with Gasteiger partial charge in [-0.1, -0.05) is 0 Å². The van der Waals surface area contributed by atoms with Crippen LogP contribution in [0.15, 0.2) is 4.99 Å². The van der Waals surface area contributed by atoms with Crippen molar-refractivity contribution in [2.45, 2.75) is 26.1 Å². The van der Waals surface area contributed by atoms with Gasteiger partial charge in [-0.2, -0.15) is 13.2 Å². The molecule has 12 heavy (non-hydrogen) atoms. The number of halogens is 3. The third-order valence-corrected chi connectivity index (χ3v) is 1.18. The van der Waals surface area contributed by atoms with Crippen LogP contribution in [0.5, 0.6) is 0 Å². The molecular weight excluding hydrogens is 171 g/mol. The molecule has 1 unspecified atom stereocenters. The molecule has 72 valence electrons. The van der Waals surface area contributed by atoms with Gasteiger partial charge in [-0.3, -0.25) is 4.99 Å². The zero-order chi connectivity index (χ0) is 9.78. The fourth-order valence-corrected chi connectivity index (χ4v) is 0.520. The van der Waals surface area contributed by atoms with E-state index in [4.69, 9.17) is 5.73 Å². The van der Waals surface area contributed by atoms with Gasteiger partial charge in [-0.05, 0) is 13.8 Å². The average Bonchev–Trinajstić information content (AvgIpc) is 1.85. The lowest BCUT2D eigenvalue weighted by molar-refractivity contribution is -0.147. The molecule has 6 heteroatoms. The molecule has 0 aliphatic rings. The first-order valence-electron chi connectivity index (χ1n) is 3.51. The molecule has 0 aromatic heterocycles. The summed E-state index contributed by atoms with van der Waals surface area (Å²) in [5.41, 5.74) is 5.12. The third kappa shape index (κ3) is 4.05. The first kappa shape index (κ1) is 11.1. The number of aliphatic imine (C=N–C) groups is 1. The minimum Gasteiger partial charge on any atom is -0.370 e. The van der Waals surface area contributed by atoms with E-state index in [2.05, 4.69) is 4.99 Å². The lowest BCUT2D eigenvalue weighted by atomic mass is 10.3. The van der Waals surface area contributed by atoms with Gasteiger partial charge in [-0.15, -0.1) is 0 Å².